The third-order valence-electron chi connectivity index (χ3n) is 3.46. The van der Waals surface area contributed by atoms with E-state index in [0.717, 1.165) is 16.5 Å². The highest BCUT2D eigenvalue weighted by Crippen LogP contribution is 2.21. The Kier molecular flexibility index (Phi) is 3.28. The summed E-state index contributed by atoms with van der Waals surface area (Å²) in [6.45, 7) is 0. The third kappa shape index (κ3) is 2.43. The highest BCUT2D eigenvalue weighted by atomic mass is 16.2. The second-order valence-electron chi connectivity index (χ2n) is 4.84. The molecule has 0 saturated heterocycles. The van der Waals surface area contributed by atoms with E-state index in [9.17, 15) is 4.79 Å². The van der Waals surface area contributed by atoms with Crippen molar-refractivity contribution in [3.8, 4) is 0 Å². The molecule has 21 heavy (non-hydrogen) atoms. The number of benzene rings is 2. The van der Waals surface area contributed by atoms with E-state index in [1.54, 1.807) is 30.3 Å². The summed E-state index contributed by atoms with van der Waals surface area (Å²) in [7, 11) is 1.73. The summed E-state index contributed by atoms with van der Waals surface area (Å²) in [6.07, 6.45) is 1.66. The maximum Gasteiger partial charge on any atom is 0.277 e. The fraction of sp³-hybridized carbons (Fsp3) is 0.0588. The van der Waals surface area contributed by atoms with Crippen LogP contribution in [0.1, 0.15) is 10.5 Å². The van der Waals surface area contributed by atoms with Crippen LogP contribution in [0, 0.1) is 0 Å². The molecule has 0 spiro atoms. The molecule has 2 aromatic carbocycles. The van der Waals surface area contributed by atoms with Crippen LogP contribution in [0.25, 0.3) is 10.8 Å². The molecule has 3 rings (SSSR count). The smallest absolute Gasteiger partial charge is 0.277 e. The van der Waals surface area contributed by atoms with Gasteiger partial charge in [-0.15, -0.1) is 0 Å². The lowest BCUT2D eigenvalue weighted by Crippen LogP contribution is -2.27. The summed E-state index contributed by atoms with van der Waals surface area (Å²) in [4.78, 5) is 18.5. The predicted molar refractivity (Wildman–Crippen MR) is 85.3 cm³/mol. The van der Waals surface area contributed by atoms with Crippen molar-refractivity contribution in [1.82, 2.24) is 4.98 Å². The number of fused-ring (bicyclic) bond motifs is 1. The first kappa shape index (κ1) is 13.1. The highest BCUT2D eigenvalue weighted by molar-refractivity contribution is 6.12. The maximum absolute atomic E-state index is 12.7. The van der Waals surface area contributed by atoms with Crippen molar-refractivity contribution in [2.45, 2.75) is 0 Å². The van der Waals surface area contributed by atoms with Crippen LogP contribution in [0.15, 0.2) is 60.8 Å². The molecule has 0 atom stereocenters. The second kappa shape index (κ2) is 5.25. The minimum Gasteiger partial charge on any atom is -0.399 e. The Morgan fingerprint density at radius 1 is 1.05 bits per heavy atom. The van der Waals surface area contributed by atoms with Crippen molar-refractivity contribution in [3.63, 3.8) is 0 Å². The lowest BCUT2D eigenvalue weighted by atomic mass is 10.1. The molecule has 0 aliphatic heterocycles. The fourth-order valence-corrected chi connectivity index (χ4v) is 2.26. The van der Waals surface area contributed by atoms with E-state index in [1.165, 1.54) is 0 Å². The van der Waals surface area contributed by atoms with E-state index < -0.39 is 0 Å². The molecule has 2 N–H and O–H groups in total. The zero-order valence-electron chi connectivity index (χ0n) is 11.7. The van der Waals surface area contributed by atoms with Gasteiger partial charge in [0.1, 0.15) is 5.69 Å². The number of aromatic nitrogens is 1. The molecule has 0 saturated carbocycles. The Labute approximate surface area is 122 Å². The summed E-state index contributed by atoms with van der Waals surface area (Å²) in [5, 5.41) is 1.86. The average Bonchev–Trinajstić information content (AvgIpc) is 2.53. The van der Waals surface area contributed by atoms with E-state index in [0.29, 0.717) is 11.4 Å². The number of rotatable bonds is 2. The lowest BCUT2D eigenvalue weighted by Gasteiger charge is -2.17. The molecule has 0 unspecified atom stereocenters. The van der Waals surface area contributed by atoms with Crippen molar-refractivity contribution < 1.29 is 4.79 Å². The largest absolute Gasteiger partial charge is 0.399 e. The summed E-state index contributed by atoms with van der Waals surface area (Å²) in [5.41, 5.74) is 7.57. The SMILES string of the molecule is CN(C(=O)c1nccc2ccccc12)c1ccc(N)cc1. The number of nitrogens with two attached hydrogens (primary N) is 1. The molecule has 0 aliphatic carbocycles. The third-order valence-corrected chi connectivity index (χ3v) is 3.46. The van der Waals surface area contributed by atoms with E-state index in [4.69, 9.17) is 5.73 Å². The van der Waals surface area contributed by atoms with Crippen molar-refractivity contribution in [2.75, 3.05) is 17.7 Å². The first-order chi connectivity index (χ1) is 10.2. The monoisotopic (exact) mass is 277 g/mol. The van der Waals surface area contributed by atoms with Crippen molar-refractivity contribution >= 4 is 28.1 Å². The predicted octanol–water partition coefficient (Wildman–Crippen LogP) is 3.09. The lowest BCUT2D eigenvalue weighted by molar-refractivity contribution is 0.0990. The van der Waals surface area contributed by atoms with Gasteiger partial charge in [0.25, 0.3) is 5.91 Å². The quantitative estimate of drug-likeness (QED) is 0.732. The van der Waals surface area contributed by atoms with Gasteiger partial charge in [0, 0.05) is 30.0 Å². The Balaban J connectivity index is 2.02. The normalized spacial score (nSPS) is 10.5. The van der Waals surface area contributed by atoms with Gasteiger partial charge in [0.15, 0.2) is 0 Å². The van der Waals surface area contributed by atoms with Gasteiger partial charge in [-0.3, -0.25) is 9.78 Å². The minimum atomic E-state index is -0.142. The van der Waals surface area contributed by atoms with Gasteiger partial charge in [0.2, 0.25) is 0 Å². The van der Waals surface area contributed by atoms with Crippen molar-refractivity contribution in [1.29, 1.82) is 0 Å². The average molecular weight is 277 g/mol. The van der Waals surface area contributed by atoms with Gasteiger partial charge in [0.05, 0.1) is 0 Å². The number of hydrogen-bond acceptors (Lipinski definition) is 3. The molecule has 1 heterocycles. The van der Waals surface area contributed by atoms with Crippen molar-refractivity contribution in [2.24, 2.45) is 0 Å². The number of anilines is 2. The summed E-state index contributed by atoms with van der Waals surface area (Å²) in [5.74, 6) is -0.142. The first-order valence-corrected chi connectivity index (χ1v) is 6.64. The van der Waals surface area contributed by atoms with Crippen LogP contribution in [0.4, 0.5) is 11.4 Å². The molecule has 0 radical (unpaired) electrons. The molecule has 0 fully saturated rings. The summed E-state index contributed by atoms with van der Waals surface area (Å²) >= 11 is 0. The molecule has 104 valence electrons. The number of hydrogen-bond donors (Lipinski definition) is 1. The molecule has 4 heteroatoms. The van der Waals surface area contributed by atoms with Gasteiger partial charge in [-0.05, 0) is 35.7 Å². The molecule has 0 aliphatic rings. The van der Waals surface area contributed by atoms with Crippen LogP contribution in [-0.4, -0.2) is 17.9 Å². The number of nitrogen functional groups attached to an aromatic ring is 1. The van der Waals surface area contributed by atoms with Crippen molar-refractivity contribution in [3.05, 3.63) is 66.5 Å². The fourth-order valence-electron chi connectivity index (χ4n) is 2.26. The van der Waals surface area contributed by atoms with E-state index in [1.807, 2.05) is 42.5 Å². The molecule has 1 amide bonds. The first-order valence-electron chi connectivity index (χ1n) is 6.64. The number of carbonyl (C=O) groups excluding carboxylic acids is 1. The van der Waals surface area contributed by atoms with Crippen LogP contribution in [0.2, 0.25) is 0 Å². The molecular formula is C17H15N3O. The Morgan fingerprint density at radius 2 is 1.76 bits per heavy atom. The number of nitrogens with zero attached hydrogens (tertiary/aromatic N) is 2. The second-order valence-corrected chi connectivity index (χ2v) is 4.84. The zero-order valence-corrected chi connectivity index (χ0v) is 11.7. The van der Waals surface area contributed by atoms with Gasteiger partial charge < -0.3 is 10.6 Å². The van der Waals surface area contributed by atoms with Gasteiger partial charge >= 0.3 is 0 Å². The van der Waals surface area contributed by atoms with E-state index in [-0.39, 0.29) is 5.91 Å². The van der Waals surface area contributed by atoms with Gasteiger partial charge in [-0.1, -0.05) is 24.3 Å². The highest BCUT2D eigenvalue weighted by Gasteiger charge is 2.17. The topological polar surface area (TPSA) is 59.2 Å². The number of pyridine rings is 1. The van der Waals surface area contributed by atoms with Gasteiger partial charge in [-0.2, -0.15) is 0 Å². The van der Waals surface area contributed by atoms with Crippen LogP contribution >= 0.6 is 0 Å². The van der Waals surface area contributed by atoms with E-state index in [2.05, 4.69) is 4.98 Å². The van der Waals surface area contributed by atoms with E-state index >= 15 is 0 Å². The zero-order chi connectivity index (χ0) is 14.8. The van der Waals surface area contributed by atoms with Gasteiger partial charge in [-0.25, -0.2) is 0 Å². The number of carbonyl (C=O) groups is 1. The van der Waals surface area contributed by atoms with Crippen LogP contribution in [0.3, 0.4) is 0 Å². The minimum absolute atomic E-state index is 0.142. The van der Waals surface area contributed by atoms with Crippen LogP contribution in [-0.2, 0) is 0 Å². The summed E-state index contributed by atoms with van der Waals surface area (Å²) < 4.78 is 0. The number of amides is 1. The Bertz CT molecular complexity index is 791. The maximum atomic E-state index is 12.7. The molecular weight excluding hydrogens is 262 g/mol. The Hall–Kier alpha value is -2.88. The molecule has 1 aromatic heterocycles. The molecule has 4 nitrogen and oxygen atoms in total. The molecule has 3 aromatic rings. The van der Waals surface area contributed by atoms with Crippen LogP contribution < -0.4 is 10.6 Å². The standard InChI is InChI=1S/C17H15N3O/c1-20(14-8-6-13(18)7-9-14)17(21)16-15-5-3-2-4-12(15)10-11-19-16/h2-11H,18H2,1H3. The molecule has 0 bridgehead atoms. The Morgan fingerprint density at radius 3 is 2.52 bits per heavy atom. The summed E-state index contributed by atoms with van der Waals surface area (Å²) in [6, 6.07) is 16.8. The van der Waals surface area contributed by atoms with Crippen LogP contribution in [0.5, 0.6) is 0 Å².